The smallest absolute Gasteiger partial charge is 0.287 e. The summed E-state index contributed by atoms with van der Waals surface area (Å²) in [5.41, 5.74) is 2.70. The van der Waals surface area contributed by atoms with E-state index in [2.05, 4.69) is 20.9 Å². The second kappa shape index (κ2) is 11.3. The molecule has 9 heteroatoms. The first-order valence-corrected chi connectivity index (χ1v) is 13.0. The molecule has 1 saturated carbocycles. The number of benzene rings is 1. The van der Waals surface area contributed by atoms with Gasteiger partial charge in [-0.15, -0.1) is 0 Å². The number of fused-ring (bicyclic) bond motifs is 1. The molecule has 3 heterocycles. The fourth-order valence-electron chi connectivity index (χ4n) is 5.00. The van der Waals surface area contributed by atoms with Crippen molar-refractivity contribution in [1.82, 2.24) is 25.3 Å². The minimum absolute atomic E-state index is 0.120. The van der Waals surface area contributed by atoms with Crippen LogP contribution in [0.2, 0.25) is 0 Å². The molecule has 0 saturated heterocycles. The lowest BCUT2D eigenvalue weighted by Crippen LogP contribution is -2.50. The van der Waals surface area contributed by atoms with Crippen LogP contribution < -0.4 is 16.0 Å². The molecule has 1 aromatic carbocycles. The summed E-state index contributed by atoms with van der Waals surface area (Å²) in [5, 5.41) is 8.46. The van der Waals surface area contributed by atoms with Gasteiger partial charge in [0.1, 0.15) is 23.1 Å². The van der Waals surface area contributed by atoms with Crippen LogP contribution in [-0.4, -0.2) is 40.2 Å². The van der Waals surface area contributed by atoms with Crippen LogP contribution in [0.4, 0.5) is 0 Å². The Kier molecular flexibility index (Phi) is 7.53. The van der Waals surface area contributed by atoms with Crippen molar-refractivity contribution in [2.24, 2.45) is 5.92 Å². The number of hydrogen-bond donors (Lipinski definition) is 3. The van der Waals surface area contributed by atoms with Crippen molar-refractivity contribution in [3.63, 3.8) is 0 Å². The molecule has 0 aliphatic heterocycles. The van der Waals surface area contributed by atoms with Crippen LogP contribution in [0.3, 0.4) is 0 Å². The molecule has 9 nitrogen and oxygen atoms in total. The molecule has 3 amide bonds. The van der Waals surface area contributed by atoms with Gasteiger partial charge in [0.2, 0.25) is 5.91 Å². The van der Waals surface area contributed by atoms with E-state index in [4.69, 9.17) is 4.42 Å². The van der Waals surface area contributed by atoms with Crippen molar-refractivity contribution in [3.8, 4) is 11.3 Å². The third-order valence-corrected chi connectivity index (χ3v) is 7.03. The van der Waals surface area contributed by atoms with E-state index < -0.39 is 11.9 Å². The van der Waals surface area contributed by atoms with E-state index in [9.17, 15) is 14.4 Å². The first-order chi connectivity index (χ1) is 18.5. The van der Waals surface area contributed by atoms with Crippen LogP contribution in [0.25, 0.3) is 17.0 Å². The van der Waals surface area contributed by atoms with Crippen LogP contribution in [0.15, 0.2) is 71.4 Å². The number of nitrogens with zero attached hydrogens (tertiary/aromatic N) is 2. The Morgan fingerprint density at radius 3 is 2.66 bits per heavy atom. The molecule has 0 spiro atoms. The Morgan fingerprint density at radius 1 is 1.03 bits per heavy atom. The molecule has 196 valence electrons. The minimum atomic E-state index is -0.582. The summed E-state index contributed by atoms with van der Waals surface area (Å²) in [7, 11) is 1.59. The van der Waals surface area contributed by atoms with Crippen molar-refractivity contribution < 1.29 is 18.8 Å². The zero-order chi connectivity index (χ0) is 26.5. The highest BCUT2D eigenvalue weighted by Crippen LogP contribution is 2.28. The van der Waals surface area contributed by atoms with Crippen LogP contribution >= 0.6 is 0 Å². The molecule has 1 fully saturated rings. The normalized spacial score (nSPS) is 14.7. The first-order valence-electron chi connectivity index (χ1n) is 13.0. The van der Waals surface area contributed by atoms with Gasteiger partial charge in [-0.05, 0) is 54.7 Å². The summed E-state index contributed by atoms with van der Waals surface area (Å²) < 4.78 is 7.67. The maximum absolute atomic E-state index is 13.0. The van der Waals surface area contributed by atoms with Gasteiger partial charge in [-0.3, -0.25) is 14.4 Å². The van der Waals surface area contributed by atoms with E-state index in [-0.39, 0.29) is 23.5 Å². The Hall–Kier alpha value is -4.40. The molecule has 0 bridgehead atoms. The lowest BCUT2D eigenvalue weighted by molar-refractivity contribution is -0.124. The van der Waals surface area contributed by atoms with E-state index in [0.717, 1.165) is 43.2 Å². The number of hydrogen-bond acceptors (Lipinski definition) is 5. The predicted molar refractivity (Wildman–Crippen MR) is 142 cm³/mol. The van der Waals surface area contributed by atoms with Gasteiger partial charge in [0.15, 0.2) is 5.76 Å². The number of carbonyl (C=O) groups excluding carboxylic acids is 3. The fourth-order valence-corrected chi connectivity index (χ4v) is 5.00. The number of pyridine rings is 1. The summed E-state index contributed by atoms with van der Waals surface area (Å²) in [4.78, 5) is 42.4. The van der Waals surface area contributed by atoms with Gasteiger partial charge in [-0.25, -0.2) is 4.98 Å². The number of rotatable bonds is 8. The molecule has 1 atom stereocenters. The molecule has 3 aromatic heterocycles. The molecule has 1 aliphatic rings. The third-order valence-electron chi connectivity index (χ3n) is 7.03. The van der Waals surface area contributed by atoms with Crippen LogP contribution in [0.5, 0.6) is 0 Å². The Bertz CT molecular complexity index is 1420. The van der Waals surface area contributed by atoms with Crippen molar-refractivity contribution >= 4 is 23.4 Å². The van der Waals surface area contributed by atoms with Crippen molar-refractivity contribution in [2.75, 3.05) is 7.05 Å². The van der Waals surface area contributed by atoms with Crippen LogP contribution in [0, 0.1) is 5.92 Å². The van der Waals surface area contributed by atoms with Crippen molar-refractivity contribution in [3.05, 3.63) is 84.0 Å². The molecule has 5 rings (SSSR count). The number of nitrogens with one attached hydrogen (secondary N) is 3. The Balaban J connectivity index is 1.23. The number of furan rings is 1. The van der Waals surface area contributed by atoms with Gasteiger partial charge < -0.3 is 24.8 Å². The average Bonchev–Trinajstić information content (AvgIpc) is 3.63. The summed E-state index contributed by atoms with van der Waals surface area (Å²) in [6.07, 6.45) is 8.66. The zero-order valence-electron chi connectivity index (χ0n) is 21.3. The highest BCUT2D eigenvalue weighted by atomic mass is 16.4. The van der Waals surface area contributed by atoms with E-state index in [1.54, 1.807) is 29.8 Å². The highest BCUT2D eigenvalue weighted by Gasteiger charge is 2.31. The lowest BCUT2D eigenvalue weighted by Gasteiger charge is -2.29. The molecule has 0 radical (unpaired) electrons. The number of imidazole rings is 1. The van der Waals surface area contributed by atoms with Gasteiger partial charge in [-0.1, -0.05) is 43.5 Å². The van der Waals surface area contributed by atoms with Crippen molar-refractivity contribution in [2.45, 2.75) is 44.7 Å². The molecular weight excluding hydrogens is 482 g/mol. The molecule has 0 unspecified atom stereocenters. The van der Waals surface area contributed by atoms with E-state index in [0.29, 0.717) is 23.6 Å². The third kappa shape index (κ3) is 5.61. The topological polar surface area (TPSA) is 118 Å². The van der Waals surface area contributed by atoms with Gasteiger partial charge in [-0.2, -0.15) is 0 Å². The molecule has 38 heavy (non-hydrogen) atoms. The second-order valence-corrected chi connectivity index (χ2v) is 9.60. The van der Waals surface area contributed by atoms with Gasteiger partial charge in [0.05, 0.1) is 0 Å². The van der Waals surface area contributed by atoms with Crippen LogP contribution in [-0.2, 0) is 11.3 Å². The fraction of sp³-hybridized carbons (Fsp3) is 0.310. The van der Waals surface area contributed by atoms with Gasteiger partial charge in [0.25, 0.3) is 11.8 Å². The maximum Gasteiger partial charge on any atom is 0.287 e. The summed E-state index contributed by atoms with van der Waals surface area (Å²) in [6.45, 7) is 0.309. The van der Waals surface area contributed by atoms with Gasteiger partial charge >= 0.3 is 0 Å². The first kappa shape index (κ1) is 25.3. The standard InChI is InChI=1S/C29H31N5O4/c1-30-29(37)26(20-9-3-2-4-10-20)33-28(36)24-14-13-23(38-24)21-11-7-8-19(16-21)17-31-27(35)22-18-34-15-6-5-12-25(34)32-22/h5-8,11-16,18,20,26H,2-4,9-10,17H2,1H3,(H,30,37)(H,31,35)(H,33,36)/t26-/m1/s1. The summed E-state index contributed by atoms with van der Waals surface area (Å²) >= 11 is 0. The number of carbonyl (C=O) groups is 3. The highest BCUT2D eigenvalue weighted by molar-refractivity contribution is 5.96. The summed E-state index contributed by atoms with van der Waals surface area (Å²) in [6, 6.07) is 15.9. The van der Waals surface area contributed by atoms with E-state index in [1.807, 2.05) is 48.7 Å². The second-order valence-electron chi connectivity index (χ2n) is 9.60. The maximum atomic E-state index is 13.0. The summed E-state index contributed by atoms with van der Waals surface area (Å²) in [5.74, 6) is -0.0657. The van der Waals surface area contributed by atoms with Gasteiger partial charge in [0, 0.05) is 31.5 Å². The van der Waals surface area contributed by atoms with Crippen molar-refractivity contribution in [1.29, 1.82) is 0 Å². The average molecular weight is 514 g/mol. The quantitative estimate of drug-likeness (QED) is 0.330. The Morgan fingerprint density at radius 2 is 1.87 bits per heavy atom. The van der Waals surface area contributed by atoms with E-state index >= 15 is 0 Å². The molecular formula is C29H31N5O4. The molecule has 4 aromatic rings. The number of amides is 3. The Labute approximate surface area is 220 Å². The van der Waals surface area contributed by atoms with E-state index in [1.165, 1.54) is 0 Å². The van der Waals surface area contributed by atoms with Crippen LogP contribution in [0.1, 0.15) is 58.7 Å². The predicted octanol–water partition coefficient (Wildman–Crippen LogP) is 3.95. The monoisotopic (exact) mass is 513 g/mol. The number of likely N-dealkylation sites (N-methyl/N-ethyl adjacent to an activating group) is 1. The lowest BCUT2D eigenvalue weighted by atomic mass is 9.83. The molecule has 3 N–H and O–H groups in total. The largest absolute Gasteiger partial charge is 0.451 e. The molecule has 1 aliphatic carbocycles. The number of aromatic nitrogens is 2. The minimum Gasteiger partial charge on any atom is -0.451 e. The SMILES string of the molecule is CNC(=O)[C@H](NC(=O)c1ccc(-c2cccc(CNC(=O)c3cn4ccccc4n3)c2)o1)C1CCCCC1. The zero-order valence-corrected chi connectivity index (χ0v) is 21.3.